The van der Waals surface area contributed by atoms with Crippen molar-refractivity contribution in [2.24, 2.45) is 0 Å². The van der Waals surface area contributed by atoms with Crippen LogP contribution in [0.5, 0.6) is 0 Å². The van der Waals surface area contributed by atoms with Gasteiger partial charge >= 0.3 is 0 Å². The van der Waals surface area contributed by atoms with Crippen molar-refractivity contribution < 1.29 is 9.53 Å². The monoisotopic (exact) mass is 258 g/mol. The van der Waals surface area contributed by atoms with Crippen LogP contribution in [0.15, 0.2) is 30.5 Å². The quantitative estimate of drug-likeness (QED) is 0.899. The van der Waals surface area contributed by atoms with Crippen LogP contribution in [0.4, 0.5) is 0 Å². The summed E-state index contributed by atoms with van der Waals surface area (Å²) < 4.78 is 5.54. The molecule has 0 spiro atoms. The zero-order valence-corrected chi connectivity index (χ0v) is 11.2. The Labute approximate surface area is 112 Å². The van der Waals surface area contributed by atoms with Gasteiger partial charge in [-0.1, -0.05) is 12.1 Å². The summed E-state index contributed by atoms with van der Waals surface area (Å²) in [6.07, 6.45) is 2.88. The van der Waals surface area contributed by atoms with Crippen molar-refractivity contribution in [1.29, 1.82) is 0 Å². The lowest BCUT2D eigenvalue weighted by Gasteiger charge is -2.27. The van der Waals surface area contributed by atoms with Crippen molar-refractivity contribution in [1.82, 2.24) is 9.88 Å². The SMILES string of the molecule is CC1OCCC1N(C)C(=O)c1cccc2cc[nH]c12. The average Bonchev–Trinajstić information content (AvgIpc) is 3.04. The van der Waals surface area contributed by atoms with Crippen molar-refractivity contribution in [2.75, 3.05) is 13.7 Å². The van der Waals surface area contributed by atoms with Gasteiger partial charge in [0.1, 0.15) is 0 Å². The minimum atomic E-state index is 0.0513. The van der Waals surface area contributed by atoms with Crippen molar-refractivity contribution in [3.8, 4) is 0 Å². The molecule has 0 aliphatic carbocycles. The van der Waals surface area contributed by atoms with Gasteiger partial charge in [0.25, 0.3) is 5.91 Å². The number of fused-ring (bicyclic) bond motifs is 1. The minimum Gasteiger partial charge on any atom is -0.376 e. The molecule has 2 heterocycles. The number of ether oxygens (including phenoxy) is 1. The molecule has 0 radical (unpaired) electrons. The van der Waals surface area contributed by atoms with Crippen molar-refractivity contribution in [2.45, 2.75) is 25.5 Å². The molecular formula is C15H18N2O2. The molecule has 2 atom stereocenters. The van der Waals surface area contributed by atoms with E-state index in [2.05, 4.69) is 4.98 Å². The van der Waals surface area contributed by atoms with Crippen molar-refractivity contribution in [3.05, 3.63) is 36.0 Å². The number of nitrogens with zero attached hydrogens (tertiary/aromatic N) is 1. The minimum absolute atomic E-state index is 0.0513. The summed E-state index contributed by atoms with van der Waals surface area (Å²) in [6, 6.07) is 7.94. The average molecular weight is 258 g/mol. The summed E-state index contributed by atoms with van der Waals surface area (Å²) in [5.41, 5.74) is 1.63. The number of hydrogen-bond acceptors (Lipinski definition) is 2. The molecule has 1 aliphatic rings. The van der Waals surface area contributed by atoms with E-state index in [-0.39, 0.29) is 18.1 Å². The first-order valence-electron chi connectivity index (χ1n) is 6.63. The van der Waals surface area contributed by atoms with Crippen LogP contribution in [0.25, 0.3) is 10.9 Å². The van der Waals surface area contributed by atoms with E-state index in [0.717, 1.165) is 29.5 Å². The zero-order chi connectivity index (χ0) is 13.4. The Balaban J connectivity index is 1.93. The highest BCUT2D eigenvalue weighted by Crippen LogP contribution is 2.23. The number of hydrogen-bond donors (Lipinski definition) is 1. The Morgan fingerprint density at radius 2 is 2.26 bits per heavy atom. The predicted molar refractivity (Wildman–Crippen MR) is 74.2 cm³/mol. The number of amides is 1. The highest BCUT2D eigenvalue weighted by Gasteiger charge is 2.31. The normalized spacial score (nSPS) is 22.8. The van der Waals surface area contributed by atoms with E-state index >= 15 is 0 Å². The second kappa shape index (κ2) is 4.70. The highest BCUT2D eigenvalue weighted by atomic mass is 16.5. The molecule has 1 saturated heterocycles. The first-order chi connectivity index (χ1) is 9.18. The summed E-state index contributed by atoms with van der Waals surface area (Å²) in [4.78, 5) is 17.6. The maximum atomic E-state index is 12.6. The van der Waals surface area contributed by atoms with Crippen LogP contribution in [0.1, 0.15) is 23.7 Å². The number of H-pyrrole nitrogens is 1. The highest BCUT2D eigenvalue weighted by molar-refractivity contribution is 6.05. The lowest BCUT2D eigenvalue weighted by atomic mass is 10.1. The largest absolute Gasteiger partial charge is 0.376 e. The first kappa shape index (κ1) is 12.2. The molecule has 100 valence electrons. The predicted octanol–water partition coefficient (Wildman–Crippen LogP) is 2.42. The standard InChI is InChI=1S/C15H18N2O2/c1-10-13(7-9-19-10)17(2)15(18)12-5-3-4-11-6-8-16-14(11)12/h3-6,8,10,13,16H,7,9H2,1-2H3. The molecule has 3 rings (SSSR count). The van der Waals surface area contributed by atoms with Gasteiger partial charge in [-0.25, -0.2) is 0 Å². The fraction of sp³-hybridized carbons (Fsp3) is 0.400. The van der Waals surface area contributed by atoms with Gasteiger partial charge in [0.05, 0.1) is 23.2 Å². The molecule has 2 unspecified atom stereocenters. The van der Waals surface area contributed by atoms with E-state index in [0.29, 0.717) is 0 Å². The Morgan fingerprint density at radius 3 is 3.00 bits per heavy atom. The number of aromatic amines is 1. The van der Waals surface area contributed by atoms with Crippen LogP contribution in [-0.2, 0) is 4.74 Å². The van der Waals surface area contributed by atoms with Crippen LogP contribution in [0, 0.1) is 0 Å². The van der Waals surface area contributed by atoms with Gasteiger partial charge in [-0.3, -0.25) is 4.79 Å². The molecule has 1 amide bonds. The summed E-state index contributed by atoms with van der Waals surface area (Å²) in [5.74, 6) is 0.0513. The van der Waals surface area contributed by atoms with Gasteiger partial charge in [0.2, 0.25) is 0 Å². The van der Waals surface area contributed by atoms with Crippen LogP contribution >= 0.6 is 0 Å². The van der Waals surface area contributed by atoms with Crippen LogP contribution < -0.4 is 0 Å². The number of nitrogens with one attached hydrogen (secondary N) is 1. The molecule has 0 saturated carbocycles. The Kier molecular flexibility index (Phi) is 3.03. The van der Waals surface area contributed by atoms with E-state index in [1.807, 2.05) is 49.3 Å². The molecule has 0 bridgehead atoms. The summed E-state index contributed by atoms with van der Waals surface area (Å²) in [5, 5.41) is 1.06. The van der Waals surface area contributed by atoms with Gasteiger partial charge in [0, 0.05) is 25.2 Å². The van der Waals surface area contributed by atoms with Crippen LogP contribution in [0.3, 0.4) is 0 Å². The number of aromatic nitrogens is 1. The number of carbonyl (C=O) groups is 1. The fourth-order valence-electron chi connectivity index (χ4n) is 2.83. The molecule has 2 aromatic rings. The number of likely N-dealkylation sites (N-methyl/N-ethyl adjacent to an activating group) is 1. The number of rotatable bonds is 2. The number of benzene rings is 1. The van der Waals surface area contributed by atoms with Crippen LogP contribution in [0.2, 0.25) is 0 Å². The summed E-state index contributed by atoms with van der Waals surface area (Å²) in [7, 11) is 1.86. The number of carbonyl (C=O) groups excluding carboxylic acids is 1. The molecule has 1 fully saturated rings. The smallest absolute Gasteiger partial charge is 0.256 e. The second-order valence-corrected chi connectivity index (χ2v) is 5.10. The van der Waals surface area contributed by atoms with E-state index in [1.54, 1.807) is 0 Å². The molecule has 4 heteroatoms. The molecule has 19 heavy (non-hydrogen) atoms. The van der Waals surface area contributed by atoms with E-state index in [9.17, 15) is 4.79 Å². The van der Waals surface area contributed by atoms with Gasteiger partial charge in [-0.2, -0.15) is 0 Å². The van der Waals surface area contributed by atoms with Gasteiger partial charge in [-0.15, -0.1) is 0 Å². The Morgan fingerprint density at radius 1 is 1.42 bits per heavy atom. The maximum Gasteiger partial charge on any atom is 0.256 e. The third-order valence-electron chi connectivity index (χ3n) is 3.97. The molecule has 1 aromatic carbocycles. The second-order valence-electron chi connectivity index (χ2n) is 5.10. The molecule has 1 aromatic heterocycles. The molecular weight excluding hydrogens is 240 g/mol. The molecule has 1 aliphatic heterocycles. The van der Waals surface area contributed by atoms with Crippen molar-refractivity contribution >= 4 is 16.8 Å². The third-order valence-corrected chi connectivity index (χ3v) is 3.97. The van der Waals surface area contributed by atoms with Gasteiger partial charge < -0.3 is 14.6 Å². The van der Waals surface area contributed by atoms with E-state index in [4.69, 9.17) is 4.74 Å². The van der Waals surface area contributed by atoms with Crippen molar-refractivity contribution in [3.63, 3.8) is 0 Å². The summed E-state index contributed by atoms with van der Waals surface area (Å²) >= 11 is 0. The topological polar surface area (TPSA) is 45.3 Å². The third kappa shape index (κ3) is 2.02. The van der Waals surface area contributed by atoms with Gasteiger partial charge in [0.15, 0.2) is 0 Å². The summed E-state index contributed by atoms with van der Waals surface area (Å²) in [6.45, 7) is 2.76. The van der Waals surface area contributed by atoms with Crippen LogP contribution in [-0.4, -0.2) is 41.6 Å². The molecule has 4 nitrogen and oxygen atoms in total. The van der Waals surface area contributed by atoms with E-state index in [1.165, 1.54) is 0 Å². The van der Waals surface area contributed by atoms with E-state index < -0.39 is 0 Å². The van der Waals surface area contributed by atoms with Gasteiger partial charge in [-0.05, 0) is 25.5 Å². The number of para-hydroxylation sites is 1. The lowest BCUT2D eigenvalue weighted by Crippen LogP contribution is -2.41. The maximum absolute atomic E-state index is 12.6. The Bertz CT molecular complexity index is 605. The Hall–Kier alpha value is -1.81. The lowest BCUT2D eigenvalue weighted by molar-refractivity contribution is 0.0576. The first-order valence-corrected chi connectivity index (χ1v) is 6.63. The fourth-order valence-corrected chi connectivity index (χ4v) is 2.83. The molecule has 1 N–H and O–H groups in total. The zero-order valence-electron chi connectivity index (χ0n) is 11.2.